The second-order valence-electron chi connectivity index (χ2n) is 3.45. The summed E-state index contributed by atoms with van der Waals surface area (Å²) in [6.07, 6.45) is 2.03. The highest BCUT2D eigenvalue weighted by Crippen LogP contribution is 2.19. The second-order valence-corrected chi connectivity index (χ2v) is 5.28. The number of carbonyl (C=O) groups excluding carboxylic acids is 1. The van der Waals surface area contributed by atoms with Gasteiger partial charge < -0.3 is 4.74 Å². The van der Waals surface area contributed by atoms with E-state index in [1.54, 1.807) is 11.3 Å². The molecule has 0 N–H and O–H groups in total. The zero-order chi connectivity index (χ0) is 13.0. The molecule has 0 aromatic carbocycles. The second kappa shape index (κ2) is 6.18. The van der Waals surface area contributed by atoms with Crippen LogP contribution in [0.2, 0.25) is 10.2 Å². The first-order valence-corrected chi connectivity index (χ1v) is 6.81. The number of hydrogen-bond donors (Lipinski definition) is 0. The molecular formula is C12H9Cl2NO2S. The van der Waals surface area contributed by atoms with Gasteiger partial charge in [0.1, 0.15) is 5.15 Å². The van der Waals surface area contributed by atoms with Crippen LogP contribution in [0.5, 0.6) is 0 Å². The molecule has 2 aromatic rings. The van der Waals surface area contributed by atoms with Gasteiger partial charge in [-0.3, -0.25) is 0 Å². The molecule has 0 amide bonds. The van der Waals surface area contributed by atoms with Crippen LogP contribution in [-0.2, 0) is 11.2 Å². The van der Waals surface area contributed by atoms with E-state index in [1.165, 1.54) is 17.1 Å². The quantitative estimate of drug-likeness (QED) is 0.636. The van der Waals surface area contributed by atoms with Gasteiger partial charge in [0.05, 0.1) is 17.2 Å². The van der Waals surface area contributed by atoms with Crippen LogP contribution >= 0.6 is 34.5 Å². The molecule has 0 aliphatic carbocycles. The summed E-state index contributed by atoms with van der Waals surface area (Å²) < 4.78 is 5.13. The molecule has 0 unspecified atom stereocenters. The summed E-state index contributed by atoms with van der Waals surface area (Å²) in [6, 6.07) is 5.35. The van der Waals surface area contributed by atoms with Gasteiger partial charge in [0.25, 0.3) is 0 Å². The Labute approximate surface area is 118 Å². The molecule has 2 heterocycles. The van der Waals surface area contributed by atoms with Gasteiger partial charge in [-0.25, -0.2) is 9.78 Å². The maximum absolute atomic E-state index is 11.8. The smallest absolute Gasteiger partial charge is 0.339 e. The van der Waals surface area contributed by atoms with Gasteiger partial charge in [0.15, 0.2) is 0 Å². The van der Waals surface area contributed by atoms with Gasteiger partial charge in [0, 0.05) is 17.5 Å². The van der Waals surface area contributed by atoms with Crippen molar-refractivity contribution in [3.05, 3.63) is 50.4 Å². The number of thiophene rings is 1. The van der Waals surface area contributed by atoms with E-state index < -0.39 is 5.97 Å². The Morgan fingerprint density at radius 1 is 1.44 bits per heavy atom. The minimum Gasteiger partial charge on any atom is -0.462 e. The summed E-state index contributed by atoms with van der Waals surface area (Å²) in [6.45, 7) is 0.315. The van der Waals surface area contributed by atoms with E-state index in [4.69, 9.17) is 27.9 Å². The number of aromatic nitrogens is 1. The molecule has 0 radical (unpaired) electrons. The third kappa shape index (κ3) is 3.45. The molecule has 0 saturated carbocycles. The Balaban J connectivity index is 1.93. The Bertz CT molecular complexity index is 543. The Kier molecular flexibility index (Phi) is 4.58. The lowest BCUT2D eigenvalue weighted by molar-refractivity contribution is 0.0510. The van der Waals surface area contributed by atoms with Crippen LogP contribution in [0.4, 0.5) is 0 Å². The van der Waals surface area contributed by atoms with E-state index in [0.717, 1.165) is 0 Å². The Morgan fingerprint density at radius 3 is 3.00 bits per heavy atom. The number of hydrogen-bond acceptors (Lipinski definition) is 4. The minimum atomic E-state index is -0.485. The minimum absolute atomic E-state index is 0.213. The maximum atomic E-state index is 11.8. The van der Waals surface area contributed by atoms with Gasteiger partial charge in [0.2, 0.25) is 0 Å². The fraction of sp³-hybridized carbons (Fsp3) is 0.167. The lowest BCUT2D eigenvalue weighted by Crippen LogP contribution is -2.08. The summed E-state index contributed by atoms with van der Waals surface area (Å²) in [5.74, 6) is -0.485. The van der Waals surface area contributed by atoms with Crippen molar-refractivity contribution in [2.75, 3.05) is 6.61 Å². The van der Waals surface area contributed by atoms with Crippen LogP contribution in [0.15, 0.2) is 29.8 Å². The molecule has 0 aliphatic heterocycles. The maximum Gasteiger partial charge on any atom is 0.339 e. The summed E-state index contributed by atoms with van der Waals surface area (Å²) >= 11 is 13.2. The fourth-order valence-corrected chi connectivity index (χ4v) is 2.38. The predicted octanol–water partition coefficient (Wildman–Crippen LogP) is 3.85. The molecule has 6 heteroatoms. The largest absolute Gasteiger partial charge is 0.462 e. The summed E-state index contributed by atoms with van der Waals surface area (Å²) in [5.41, 5.74) is 0.239. The monoisotopic (exact) mass is 301 g/mol. The van der Waals surface area contributed by atoms with Crippen molar-refractivity contribution in [1.82, 2.24) is 4.98 Å². The molecule has 0 bridgehead atoms. The summed E-state index contributed by atoms with van der Waals surface area (Å²) in [7, 11) is 0. The lowest BCUT2D eigenvalue weighted by atomic mass is 10.3. The van der Waals surface area contributed by atoms with Crippen molar-refractivity contribution in [1.29, 1.82) is 0 Å². The van der Waals surface area contributed by atoms with Gasteiger partial charge in [-0.1, -0.05) is 29.3 Å². The predicted molar refractivity (Wildman–Crippen MR) is 72.6 cm³/mol. The summed E-state index contributed by atoms with van der Waals surface area (Å²) in [4.78, 5) is 16.7. The molecule has 2 rings (SSSR count). The number of pyridine rings is 1. The van der Waals surface area contributed by atoms with Gasteiger partial charge >= 0.3 is 5.97 Å². The summed E-state index contributed by atoms with van der Waals surface area (Å²) in [5, 5.41) is 2.43. The Morgan fingerprint density at radius 2 is 2.28 bits per heavy atom. The lowest BCUT2D eigenvalue weighted by Gasteiger charge is -2.05. The van der Waals surface area contributed by atoms with E-state index >= 15 is 0 Å². The van der Waals surface area contributed by atoms with Gasteiger partial charge in [-0.05, 0) is 17.5 Å². The van der Waals surface area contributed by atoms with Crippen LogP contribution < -0.4 is 0 Å². The van der Waals surface area contributed by atoms with Crippen molar-refractivity contribution >= 4 is 40.5 Å². The van der Waals surface area contributed by atoms with E-state index in [9.17, 15) is 4.79 Å². The van der Waals surface area contributed by atoms with Crippen LogP contribution in [0.3, 0.4) is 0 Å². The molecule has 0 atom stereocenters. The number of halogens is 2. The molecule has 94 valence electrons. The zero-order valence-corrected chi connectivity index (χ0v) is 11.6. The number of rotatable bonds is 4. The van der Waals surface area contributed by atoms with E-state index in [-0.39, 0.29) is 15.7 Å². The Hall–Kier alpha value is -1.10. The third-order valence-corrected chi connectivity index (χ3v) is 3.65. The number of carbonyl (C=O) groups is 1. The van der Waals surface area contributed by atoms with E-state index in [1.807, 2.05) is 17.5 Å². The van der Waals surface area contributed by atoms with Crippen LogP contribution in [-0.4, -0.2) is 17.6 Å². The van der Waals surface area contributed by atoms with Crippen molar-refractivity contribution in [2.24, 2.45) is 0 Å². The van der Waals surface area contributed by atoms with E-state index in [2.05, 4.69) is 4.98 Å². The first-order chi connectivity index (χ1) is 8.66. The molecule has 0 fully saturated rings. The highest BCUT2D eigenvalue weighted by Gasteiger charge is 2.13. The van der Waals surface area contributed by atoms with Crippen molar-refractivity contribution in [2.45, 2.75) is 6.42 Å². The normalized spacial score (nSPS) is 10.3. The molecule has 2 aromatic heterocycles. The molecule has 0 aliphatic rings. The zero-order valence-electron chi connectivity index (χ0n) is 9.23. The van der Waals surface area contributed by atoms with Crippen molar-refractivity contribution in [3.8, 4) is 0 Å². The third-order valence-electron chi connectivity index (χ3n) is 2.20. The molecule has 0 spiro atoms. The highest BCUT2D eigenvalue weighted by atomic mass is 35.5. The highest BCUT2D eigenvalue weighted by molar-refractivity contribution is 7.09. The first-order valence-electron chi connectivity index (χ1n) is 5.17. The fourth-order valence-electron chi connectivity index (χ4n) is 1.35. The standard InChI is InChI=1S/C12H9Cl2NO2S/c13-10-7-15-11(14)6-9(10)12(16)17-4-3-8-2-1-5-18-8/h1-2,5-7H,3-4H2. The van der Waals surface area contributed by atoms with Crippen molar-refractivity contribution in [3.63, 3.8) is 0 Å². The molecule has 18 heavy (non-hydrogen) atoms. The van der Waals surface area contributed by atoms with Gasteiger partial charge in [-0.15, -0.1) is 11.3 Å². The van der Waals surface area contributed by atoms with Gasteiger partial charge in [-0.2, -0.15) is 0 Å². The molecular weight excluding hydrogens is 293 g/mol. The average Bonchev–Trinajstić information content (AvgIpc) is 2.85. The SMILES string of the molecule is O=C(OCCc1cccs1)c1cc(Cl)ncc1Cl. The number of ether oxygens (including phenoxy) is 1. The van der Waals surface area contributed by atoms with Crippen LogP contribution in [0, 0.1) is 0 Å². The topological polar surface area (TPSA) is 39.2 Å². The first kappa shape index (κ1) is 13.3. The molecule has 3 nitrogen and oxygen atoms in total. The van der Waals surface area contributed by atoms with E-state index in [0.29, 0.717) is 13.0 Å². The number of esters is 1. The molecule has 0 saturated heterocycles. The van der Waals surface area contributed by atoms with Crippen LogP contribution in [0.1, 0.15) is 15.2 Å². The average molecular weight is 302 g/mol. The van der Waals surface area contributed by atoms with Crippen LogP contribution in [0.25, 0.3) is 0 Å². The number of nitrogens with zero attached hydrogens (tertiary/aromatic N) is 1. The van der Waals surface area contributed by atoms with Crippen molar-refractivity contribution < 1.29 is 9.53 Å².